The maximum absolute atomic E-state index is 13.5. The van der Waals surface area contributed by atoms with Crippen LogP contribution >= 0.6 is 0 Å². The van der Waals surface area contributed by atoms with E-state index in [1.807, 2.05) is 12.1 Å². The molecule has 0 unspecified atom stereocenters. The number of carbonyl (C=O) groups excluding carboxylic acids is 2. The number of rotatable bonds is 8. The van der Waals surface area contributed by atoms with E-state index in [-0.39, 0.29) is 17.6 Å². The van der Waals surface area contributed by atoms with Gasteiger partial charge >= 0.3 is 0 Å². The summed E-state index contributed by atoms with van der Waals surface area (Å²) in [7, 11) is 0. The van der Waals surface area contributed by atoms with Gasteiger partial charge in [-0.1, -0.05) is 24.3 Å². The molecule has 0 radical (unpaired) electrons. The Bertz CT molecular complexity index is 734. The molecule has 0 spiro atoms. The Morgan fingerprint density at radius 1 is 1.00 bits per heavy atom. The SMILES string of the molecule is CC(=O)Nc1cccc(NCCC(=O)NCCc2ccccc2F)c1. The number of hydrogen-bond donors (Lipinski definition) is 3. The summed E-state index contributed by atoms with van der Waals surface area (Å²) in [6, 6.07) is 13.8. The standard InChI is InChI=1S/C19H22FN3O2/c1-14(24)23-17-7-4-6-16(13-17)21-12-10-19(25)22-11-9-15-5-2-3-8-18(15)20/h2-8,13,21H,9-12H2,1H3,(H,22,25)(H,23,24). The molecule has 2 aromatic rings. The number of hydrogen-bond acceptors (Lipinski definition) is 3. The smallest absolute Gasteiger partial charge is 0.221 e. The first-order valence-corrected chi connectivity index (χ1v) is 8.16. The number of benzene rings is 2. The Kier molecular flexibility index (Phi) is 6.95. The van der Waals surface area contributed by atoms with Crippen LogP contribution in [0.1, 0.15) is 18.9 Å². The van der Waals surface area contributed by atoms with Crippen LogP contribution < -0.4 is 16.0 Å². The Labute approximate surface area is 146 Å². The van der Waals surface area contributed by atoms with Gasteiger partial charge in [-0.05, 0) is 36.2 Å². The van der Waals surface area contributed by atoms with E-state index in [4.69, 9.17) is 0 Å². The lowest BCUT2D eigenvalue weighted by Gasteiger charge is -2.09. The van der Waals surface area contributed by atoms with Gasteiger partial charge in [-0.25, -0.2) is 4.39 Å². The third-order valence-corrected chi connectivity index (χ3v) is 3.54. The highest BCUT2D eigenvalue weighted by Crippen LogP contribution is 2.14. The predicted molar refractivity (Wildman–Crippen MR) is 97.0 cm³/mol. The van der Waals surface area contributed by atoms with Crippen LogP contribution in [-0.4, -0.2) is 24.9 Å². The Morgan fingerprint density at radius 2 is 1.76 bits per heavy atom. The second kappa shape index (κ2) is 9.42. The molecule has 0 saturated heterocycles. The molecule has 0 fully saturated rings. The van der Waals surface area contributed by atoms with E-state index in [9.17, 15) is 14.0 Å². The normalized spacial score (nSPS) is 10.2. The average molecular weight is 343 g/mol. The molecule has 3 N–H and O–H groups in total. The highest BCUT2D eigenvalue weighted by Gasteiger charge is 2.04. The first kappa shape index (κ1) is 18.4. The Balaban J connectivity index is 1.68. The Hall–Kier alpha value is -2.89. The molecule has 0 aliphatic rings. The molecule has 6 heteroatoms. The molecular formula is C19H22FN3O2. The summed E-state index contributed by atoms with van der Waals surface area (Å²) < 4.78 is 13.5. The minimum absolute atomic E-state index is 0.0955. The van der Waals surface area contributed by atoms with Gasteiger partial charge in [0.2, 0.25) is 11.8 Å². The van der Waals surface area contributed by atoms with Crippen molar-refractivity contribution in [2.45, 2.75) is 19.8 Å². The van der Waals surface area contributed by atoms with Gasteiger partial charge < -0.3 is 16.0 Å². The molecule has 2 rings (SSSR count). The lowest BCUT2D eigenvalue weighted by molar-refractivity contribution is -0.120. The fourth-order valence-electron chi connectivity index (χ4n) is 2.36. The topological polar surface area (TPSA) is 70.2 Å². The highest BCUT2D eigenvalue weighted by molar-refractivity contribution is 5.89. The Morgan fingerprint density at radius 3 is 2.52 bits per heavy atom. The van der Waals surface area contributed by atoms with Gasteiger partial charge in [0.25, 0.3) is 0 Å². The van der Waals surface area contributed by atoms with Crippen LogP contribution in [0.4, 0.5) is 15.8 Å². The zero-order valence-corrected chi connectivity index (χ0v) is 14.1. The number of nitrogens with one attached hydrogen (secondary N) is 3. The third kappa shape index (κ3) is 6.63. The summed E-state index contributed by atoms with van der Waals surface area (Å²) >= 11 is 0. The zero-order chi connectivity index (χ0) is 18.1. The second-order valence-electron chi connectivity index (χ2n) is 5.63. The van der Waals surface area contributed by atoms with Gasteiger partial charge in [0, 0.05) is 37.8 Å². The van der Waals surface area contributed by atoms with Crippen molar-refractivity contribution in [1.82, 2.24) is 5.32 Å². The van der Waals surface area contributed by atoms with Crippen LogP contribution in [0, 0.1) is 5.82 Å². The van der Waals surface area contributed by atoms with Crippen molar-refractivity contribution in [2.24, 2.45) is 0 Å². The van der Waals surface area contributed by atoms with E-state index in [1.165, 1.54) is 13.0 Å². The maximum atomic E-state index is 13.5. The van der Waals surface area contributed by atoms with Gasteiger partial charge in [-0.15, -0.1) is 0 Å². The summed E-state index contributed by atoms with van der Waals surface area (Å²) in [5.74, 6) is -0.481. The number of carbonyl (C=O) groups is 2. The monoisotopic (exact) mass is 343 g/mol. The van der Waals surface area contributed by atoms with E-state index in [2.05, 4.69) is 16.0 Å². The zero-order valence-electron chi connectivity index (χ0n) is 14.1. The van der Waals surface area contributed by atoms with Crippen molar-refractivity contribution >= 4 is 23.2 Å². The van der Waals surface area contributed by atoms with Crippen molar-refractivity contribution in [3.8, 4) is 0 Å². The predicted octanol–water partition coefficient (Wildman–Crippen LogP) is 2.95. The molecule has 0 saturated carbocycles. The van der Waals surface area contributed by atoms with Crippen molar-refractivity contribution in [1.29, 1.82) is 0 Å². The van der Waals surface area contributed by atoms with E-state index < -0.39 is 0 Å². The second-order valence-corrected chi connectivity index (χ2v) is 5.63. The highest BCUT2D eigenvalue weighted by atomic mass is 19.1. The summed E-state index contributed by atoms with van der Waals surface area (Å²) in [6.07, 6.45) is 0.770. The molecule has 25 heavy (non-hydrogen) atoms. The first-order chi connectivity index (χ1) is 12.0. The average Bonchev–Trinajstić information content (AvgIpc) is 2.56. The molecule has 0 heterocycles. The summed E-state index contributed by atoms with van der Waals surface area (Å²) in [5, 5.41) is 8.62. The largest absolute Gasteiger partial charge is 0.384 e. The van der Waals surface area contributed by atoms with Crippen molar-refractivity contribution < 1.29 is 14.0 Å². The molecule has 0 aliphatic heterocycles. The molecule has 2 amide bonds. The number of amides is 2. The molecule has 132 valence electrons. The molecule has 0 bridgehead atoms. The number of anilines is 2. The minimum Gasteiger partial charge on any atom is -0.384 e. The van der Waals surface area contributed by atoms with Gasteiger partial charge in [-0.2, -0.15) is 0 Å². The van der Waals surface area contributed by atoms with Crippen LogP contribution in [0.3, 0.4) is 0 Å². The quantitative estimate of drug-likeness (QED) is 0.690. The molecule has 5 nitrogen and oxygen atoms in total. The van der Waals surface area contributed by atoms with Crippen LogP contribution in [0.2, 0.25) is 0 Å². The van der Waals surface area contributed by atoms with Crippen LogP contribution in [-0.2, 0) is 16.0 Å². The van der Waals surface area contributed by atoms with Crippen LogP contribution in [0.25, 0.3) is 0 Å². The molecular weight excluding hydrogens is 321 g/mol. The van der Waals surface area contributed by atoms with Gasteiger partial charge in [0.1, 0.15) is 5.82 Å². The van der Waals surface area contributed by atoms with E-state index in [0.29, 0.717) is 37.2 Å². The van der Waals surface area contributed by atoms with Crippen LogP contribution in [0.5, 0.6) is 0 Å². The fraction of sp³-hybridized carbons (Fsp3) is 0.263. The molecule has 0 atom stereocenters. The molecule has 0 aromatic heterocycles. The molecule has 0 aliphatic carbocycles. The lowest BCUT2D eigenvalue weighted by atomic mass is 10.1. The van der Waals surface area contributed by atoms with E-state index in [1.54, 1.807) is 30.3 Å². The van der Waals surface area contributed by atoms with Gasteiger partial charge in [-0.3, -0.25) is 9.59 Å². The van der Waals surface area contributed by atoms with Crippen molar-refractivity contribution in [2.75, 3.05) is 23.7 Å². The van der Waals surface area contributed by atoms with Crippen LogP contribution in [0.15, 0.2) is 48.5 Å². The minimum atomic E-state index is -0.252. The summed E-state index contributed by atoms with van der Waals surface area (Å²) in [5.41, 5.74) is 2.12. The van der Waals surface area contributed by atoms with Crippen molar-refractivity contribution in [3.05, 3.63) is 59.9 Å². The third-order valence-electron chi connectivity index (χ3n) is 3.54. The van der Waals surface area contributed by atoms with E-state index >= 15 is 0 Å². The van der Waals surface area contributed by atoms with Gasteiger partial charge in [0.05, 0.1) is 0 Å². The van der Waals surface area contributed by atoms with E-state index in [0.717, 1.165) is 5.69 Å². The maximum Gasteiger partial charge on any atom is 0.221 e. The fourth-order valence-corrected chi connectivity index (χ4v) is 2.36. The van der Waals surface area contributed by atoms with Gasteiger partial charge in [0.15, 0.2) is 0 Å². The van der Waals surface area contributed by atoms with Crippen molar-refractivity contribution in [3.63, 3.8) is 0 Å². The summed E-state index contributed by atoms with van der Waals surface area (Å²) in [4.78, 5) is 22.9. The summed E-state index contributed by atoms with van der Waals surface area (Å²) in [6.45, 7) is 2.32. The first-order valence-electron chi connectivity index (χ1n) is 8.16. The lowest BCUT2D eigenvalue weighted by Crippen LogP contribution is -2.27. The molecule has 2 aromatic carbocycles. The number of halogens is 1.